The van der Waals surface area contributed by atoms with Gasteiger partial charge in [0.1, 0.15) is 6.61 Å². The molecule has 1 heterocycles. The van der Waals surface area contributed by atoms with Gasteiger partial charge < -0.3 is 19.6 Å². The Labute approximate surface area is 168 Å². The van der Waals surface area contributed by atoms with E-state index < -0.39 is 5.97 Å². The second-order valence-electron chi connectivity index (χ2n) is 7.09. The van der Waals surface area contributed by atoms with Gasteiger partial charge in [-0.05, 0) is 45.2 Å². The molecule has 2 aliphatic rings. The van der Waals surface area contributed by atoms with Crippen LogP contribution in [0, 0.1) is 0 Å². The molecular formula is C22H34N2O4. The summed E-state index contributed by atoms with van der Waals surface area (Å²) < 4.78 is 5.31. The van der Waals surface area contributed by atoms with Gasteiger partial charge in [-0.2, -0.15) is 0 Å². The van der Waals surface area contributed by atoms with Crippen molar-refractivity contribution in [2.24, 2.45) is 0 Å². The van der Waals surface area contributed by atoms with Crippen LogP contribution in [0.15, 0.2) is 48.1 Å². The molecule has 0 spiro atoms. The van der Waals surface area contributed by atoms with E-state index in [1.165, 1.54) is 0 Å². The molecule has 28 heavy (non-hydrogen) atoms. The Hall–Kier alpha value is -2.34. The van der Waals surface area contributed by atoms with Crippen LogP contribution in [-0.4, -0.2) is 66.8 Å². The van der Waals surface area contributed by atoms with Gasteiger partial charge in [0.2, 0.25) is 0 Å². The highest BCUT2D eigenvalue weighted by Crippen LogP contribution is 2.11. The predicted octanol–water partition coefficient (Wildman–Crippen LogP) is 4.02. The minimum atomic E-state index is -0.766. The molecule has 1 saturated heterocycles. The summed E-state index contributed by atoms with van der Waals surface area (Å²) >= 11 is 0. The number of hydrogen-bond donors (Lipinski definition) is 1. The molecule has 0 unspecified atom stereocenters. The summed E-state index contributed by atoms with van der Waals surface area (Å²) in [5.41, 5.74) is 2.03. The molecule has 0 radical (unpaired) electrons. The third-order valence-corrected chi connectivity index (χ3v) is 4.49. The number of carbonyl (C=O) groups is 2. The van der Waals surface area contributed by atoms with Gasteiger partial charge in [0.05, 0.1) is 6.42 Å². The van der Waals surface area contributed by atoms with Crippen molar-refractivity contribution in [1.29, 1.82) is 0 Å². The number of piperazine rings is 1. The lowest BCUT2D eigenvalue weighted by atomic mass is 10.1. The lowest BCUT2D eigenvalue weighted by Crippen LogP contribution is -2.47. The van der Waals surface area contributed by atoms with Crippen molar-refractivity contribution in [3.8, 4) is 0 Å². The van der Waals surface area contributed by atoms with E-state index in [2.05, 4.69) is 30.7 Å². The molecular weight excluding hydrogens is 356 g/mol. The first-order valence-electron chi connectivity index (χ1n) is 9.86. The zero-order chi connectivity index (χ0) is 20.8. The SMILES string of the molecule is C=CCC/C=C(\C)CC(=O)O.CN1CCN(C(=O)OCC2=CCCC=C2)CC1. The molecule has 156 valence electrons. The van der Waals surface area contributed by atoms with Gasteiger partial charge in [0.15, 0.2) is 0 Å². The smallest absolute Gasteiger partial charge is 0.410 e. The summed E-state index contributed by atoms with van der Waals surface area (Å²) in [6.07, 6.45) is 14.0. The lowest BCUT2D eigenvalue weighted by molar-refractivity contribution is -0.136. The highest BCUT2D eigenvalue weighted by Gasteiger charge is 2.20. The summed E-state index contributed by atoms with van der Waals surface area (Å²) in [6.45, 7) is 9.20. The van der Waals surface area contributed by atoms with Crippen LogP contribution in [0.1, 0.15) is 39.0 Å². The van der Waals surface area contributed by atoms with E-state index in [9.17, 15) is 9.59 Å². The highest BCUT2D eigenvalue weighted by atomic mass is 16.6. The zero-order valence-electron chi connectivity index (χ0n) is 17.2. The summed E-state index contributed by atoms with van der Waals surface area (Å²) in [5.74, 6) is -0.766. The Bertz CT molecular complexity index is 600. The minimum Gasteiger partial charge on any atom is -0.481 e. The van der Waals surface area contributed by atoms with Gasteiger partial charge >= 0.3 is 12.1 Å². The maximum absolute atomic E-state index is 11.8. The molecule has 1 aliphatic heterocycles. The quantitative estimate of drug-likeness (QED) is 0.525. The Morgan fingerprint density at radius 2 is 1.93 bits per heavy atom. The first kappa shape index (κ1) is 23.7. The first-order chi connectivity index (χ1) is 13.4. The Kier molecular flexibility index (Phi) is 11.7. The molecule has 1 fully saturated rings. The molecule has 1 N–H and O–H groups in total. The van der Waals surface area contributed by atoms with Gasteiger partial charge in [0, 0.05) is 26.2 Å². The Balaban J connectivity index is 0.000000311. The van der Waals surface area contributed by atoms with Gasteiger partial charge in [-0.3, -0.25) is 4.79 Å². The third kappa shape index (κ3) is 10.7. The fourth-order valence-electron chi connectivity index (χ4n) is 2.76. The molecule has 0 saturated carbocycles. The van der Waals surface area contributed by atoms with Crippen molar-refractivity contribution >= 4 is 12.1 Å². The second kappa shape index (κ2) is 13.8. The van der Waals surface area contributed by atoms with Crippen LogP contribution in [-0.2, 0) is 9.53 Å². The molecule has 0 aromatic rings. The van der Waals surface area contributed by atoms with Gasteiger partial charge in [-0.15, -0.1) is 6.58 Å². The summed E-state index contributed by atoms with van der Waals surface area (Å²) in [6, 6.07) is 0. The van der Waals surface area contributed by atoms with E-state index >= 15 is 0 Å². The highest BCUT2D eigenvalue weighted by molar-refractivity contribution is 5.69. The second-order valence-corrected chi connectivity index (χ2v) is 7.09. The van der Waals surface area contributed by atoms with Gasteiger partial charge in [-0.1, -0.05) is 36.0 Å². The monoisotopic (exact) mass is 390 g/mol. The molecule has 6 nitrogen and oxygen atoms in total. The average Bonchev–Trinajstić information content (AvgIpc) is 2.68. The number of rotatable bonds is 7. The Morgan fingerprint density at radius 1 is 1.21 bits per heavy atom. The van der Waals surface area contributed by atoms with Crippen LogP contribution < -0.4 is 0 Å². The fourth-order valence-corrected chi connectivity index (χ4v) is 2.76. The molecule has 0 aromatic heterocycles. The molecule has 0 atom stereocenters. The van der Waals surface area contributed by atoms with E-state index in [1.807, 2.05) is 25.2 Å². The minimum absolute atomic E-state index is 0.150. The van der Waals surface area contributed by atoms with Crippen molar-refractivity contribution in [2.45, 2.75) is 39.0 Å². The van der Waals surface area contributed by atoms with Crippen molar-refractivity contribution in [1.82, 2.24) is 9.80 Å². The molecule has 1 aliphatic carbocycles. The largest absolute Gasteiger partial charge is 0.481 e. The van der Waals surface area contributed by atoms with Crippen molar-refractivity contribution in [2.75, 3.05) is 39.8 Å². The number of carbonyl (C=O) groups excluding carboxylic acids is 1. The molecule has 2 rings (SSSR count). The number of allylic oxidation sites excluding steroid dienone is 4. The number of ether oxygens (including phenoxy) is 1. The Morgan fingerprint density at radius 3 is 2.50 bits per heavy atom. The number of amides is 1. The standard InChI is InChI=1S/C13H20N2O2.C9H14O2/c1-14-7-9-15(10-8-14)13(16)17-11-12-5-3-2-4-6-12;1-3-4-5-6-8(2)7-9(10)11/h3,5-6H,2,4,7-11H2,1H3;3,6H,1,4-5,7H2,2H3,(H,10,11)/b;8-6+. The van der Waals surface area contributed by atoms with Crippen LogP contribution in [0.2, 0.25) is 0 Å². The van der Waals surface area contributed by atoms with E-state index in [0.717, 1.165) is 63.0 Å². The number of likely N-dealkylation sites (N-methyl/N-ethyl adjacent to an activating group) is 1. The van der Waals surface area contributed by atoms with E-state index in [1.54, 1.807) is 4.90 Å². The summed E-state index contributed by atoms with van der Waals surface area (Å²) in [7, 11) is 2.07. The third-order valence-electron chi connectivity index (χ3n) is 4.49. The average molecular weight is 391 g/mol. The van der Waals surface area contributed by atoms with Crippen molar-refractivity contribution in [3.05, 3.63) is 48.1 Å². The van der Waals surface area contributed by atoms with Crippen LogP contribution in [0.4, 0.5) is 4.79 Å². The van der Waals surface area contributed by atoms with Crippen molar-refractivity contribution in [3.63, 3.8) is 0 Å². The molecule has 0 bridgehead atoms. The normalized spacial score (nSPS) is 17.3. The topological polar surface area (TPSA) is 70.1 Å². The van der Waals surface area contributed by atoms with Crippen LogP contribution >= 0.6 is 0 Å². The fraction of sp³-hybridized carbons (Fsp3) is 0.545. The van der Waals surface area contributed by atoms with Gasteiger partial charge in [0.25, 0.3) is 0 Å². The van der Waals surface area contributed by atoms with Crippen molar-refractivity contribution < 1.29 is 19.4 Å². The maximum atomic E-state index is 11.8. The van der Waals surface area contributed by atoms with E-state index in [-0.39, 0.29) is 12.5 Å². The van der Waals surface area contributed by atoms with E-state index in [0.29, 0.717) is 6.61 Å². The van der Waals surface area contributed by atoms with Gasteiger partial charge in [-0.25, -0.2) is 4.79 Å². The maximum Gasteiger partial charge on any atom is 0.410 e. The number of aliphatic carboxylic acids is 1. The molecule has 0 aromatic carbocycles. The number of carboxylic acid groups (broad SMARTS) is 1. The van der Waals surface area contributed by atoms with E-state index in [4.69, 9.17) is 9.84 Å². The molecule has 6 heteroatoms. The summed E-state index contributed by atoms with van der Waals surface area (Å²) in [5, 5.41) is 8.38. The van der Waals surface area contributed by atoms with Crippen LogP contribution in [0.5, 0.6) is 0 Å². The number of hydrogen-bond acceptors (Lipinski definition) is 4. The summed E-state index contributed by atoms with van der Waals surface area (Å²) in [4.78, 5) is 26.0. The number of carboxylic acids is 1. The predicted molar refractivity (Wildman–Crippen MR) is 112 cm³/mol. The molecule has 1 amide bonds. The number of nitrogens with zero attached hydrogens (tertiary/aromatic N) is 2. The van der Waals surface area contributed by atoms with Crippen LogP contribution in [0.25, 0.3) is 0 Å². The lowest BCUT2D eigenvalue weighted by Gasteiger charge is -2.31. The van der Waals surface area contributed by atoms with Crippen LogP contribution in [0.3, 0.4) is 0 Å². The number of unbranched alkanes of at least 4 members (excludes halogenated alkanes) is 1. The first-order valence-corrected chi connectivity index (χ1v) is 9.86. The zero-order valence-corrected chi connectivity index (χ0v) is 17.2.